The number of carbonyl (C=O) groups is 2. The predicted octanol–water partition coefficient (Wildman–Crippen LogP) is 6.55. The number of rotatable bonds is 15. The summed E-state index contributed by atoms with van der Waals surface area (Å²) in [5, 5.41) is 9.60. The highest BCUT2D eigenvalue weighted by molar-refractivity contribution is 5.76. The maximum absolute atomic E-state index is 11.9. The van der Waals surface area contributed by atoms with Gasteiger partial charge < -0.3 is 9.84 Å². The van der Waals surface area contributed by atoms with E-state index in [2.05, 4.69) is 23.8 Å². The molecule has 0 amide bonds. The molecule has 0 aliphatic rings. The Kier molecular flexibility index (Phi) is 11.4. The smallest absolute Gasteiger partial charge is 0.311 e. The molecular weight excluding hydrogens is 404 g/mol. The van der Waals surface area contributed by atoms with E-state index in [1.165, 1.54) is 12.8 Å². The summed E-state index contributed by atoms with van der Waals surface area (Å²) in [6.45, 7) is 4.30. The van der Waals surface area contributed by atoms with E-state index < -0.39 is 11.9 Å². The molecule has 2 aromatic rings. The normalized spacial score (nSPS) is 11.8. The Hall–Kier alpha value is -2.76. The van der Waals surface area contributed by atoms with Crippen LogP contribution in [0.1, 0.15) is 96.0 Å². The van der Waals surface area contributed by atoms with Crippen LogP contribution in [0, 0.1) is 0 Å². The summed E-state index contributed by atoms with van der Waals surface area (Å²) in [7, 11) is 0. The average Bonchev–Trinajstić information content (AvgIpc) is 2.80. The standard InChI is InChI=1S/C26H36N2O4/c1-3-5-7-9-10-12-23(26(30)31)21-18-27-25(28-19-21)20-14-16-22(17-15-20)32-24(29)13-11-8-6-4-2/h14-19,23H,3-13H2,1-2H3,(H,30,31). The Morgan fingerprint density at radius 1 is 0.875 bits per heavy atom. The van der Waals surface area contributed by atoms with Gasteiger partial charge in [-0.25, -0.2) is 9.97 Å². The maximum Gasteiger partial charge on any atom is 0.311 e. The van der Waals surface area contributed by atoms with Crippen LogP contribution in [0.25, 0.3) is 11.4 Å². The molecule has 0 aliphatic heterocycles. The molecule has 1 heterocycles. The summed E-state index contributed by atoms with van der Waals surface area (Å²) in [6.07, 6.45) is 13.8. The van der Waals surface area contributed by atoms with E-state index in [0.717, 1.165) is 50.5 Å². The number of aliphatic carboxylic acids is 1. The Labute approximate surface area is 191 Å². The molecule has 0 bridgehead atoms. The number of aromatic nitrogens is 2. The van der Waals surface area contributed by atoms with E-state index in [-0.39, 0.29) is 5.97 Å². The fourth-order valence-electron chi connectivity index (χ4n) is 3.60. The molecule has 6 heteroatoms. The quantitative estimate of drug-likeness (QED) is 0.192. The molecule has 0 saturated carbocycles. The van der Waals surface area contributed by atoms with Gasteiger partial charge in [0, 0.05) is 29.9 Å². The van der Waals surface area contributed by atoms with Crippen molar-refractivity contribution in [2.75, 3.05) is 0 Å². The summed E-state index contributed by atoms with van der Waals surface area (Å²) in [5.41, 5.74) is 1.41. The van der Waals surface area contributed by atoms with Crippen LogP contribution < -0.4 is 4.74 Å². The molecular formula is C26H36N2O4. The van der Waals surface area contributed by atoms with Crippen molar-refractivity contribution in [1.29, 1.82) is 0 Å². The number of hydrogen-bond acceptors (Lipinski definition) is 5. The highest BCUT2D eigenvalue weighted by atomic mass is 16.5. The summed E-state index contributed by atoms with van der Waals surface area (Å²) in [5.74, 6) is -0.621. The van der Waals surface area contributed by atoms with Crippen LogP contribution in [0.15, 0.2) is 36.7 Å². The highest BCUT2D eigenvalue weighted by Crippen LogP contribution is 2.25. The van der Waals surface area contributed by atoms with Gasteiger partial charge in [-0.05, 0) is 37.1 Å². The molecule has 0 fully saturated rings. The van der Waals surface area contributed by atoms with Gasteiger partial charge in [0.15, 0.2) is 5.82 Å². The molecule has 1 unspecified atom stereocenters. The number of esters is 1. The van der Waals surface area contributed by atoms with Gasteiger partial charge in [0.05, 0.1) is 5.92 Å². The number of carboxylic acid groups (broad SMARTS) is 1. The molecule has 1 N–H and O–H groups in total. The minimum absolute atomic E-state index is 0.219. The summed E-state index contributed by atoms with van der Waals surface area (Å²) in [4.78, 5) is 32.4. The van der Waals surface area contributed by atoms with Crippen LogP contribution in [0.5, 0.6) is 5.75 Å². The zero-order valence-electron chi connectivity index (χ0n) is 19.4. The lowest BCUT2D eigenvalue weighted by molar-refractivity contribution is -0.139. The lowest BCUT2D eigenvalue weighted by Crippen LogP contribution is -2.12. The predicted molar refractivity (Wildman–Crippen MR) is 126 cm³/mol. The van der Waals surface area contributed by atoms with Gasteiger partial charge in [-0.15, -0.1) is 0 Å². The SMILES string of the molecule is CCCCCCCC(C(=O)O)c1cnc(-c2ccc(OC(=O)CCCCCC)cc2)nc1. The summed E-state index contributed by atoms with van der Waals surface area (Å²) in [6, 6.07) is 7.06. The number of hydrogen-bond donors (Lipinski definition) is 1. The first-order valence-corrected chi connectivity index (χ1v) is 11.9. The highest BCUT2D eigenvalue weighted by Gasteiger charge is 2.20. The second-order valence-corrected chi connectivity index (χ2v) is 8.24. The first-order valence-electron chi connectivity index (χ1n) is 11.9. The van der Waals surface area contributed by atoms with Crippen molar-refractivity contribution in [2.45, 2.75) is 90.4 Å². The third kappa shape index (κ3) is 8.77. The average molecular weight is 441 g/mol. The van der Waals surface area contributed by atoms with Gasteiger partial charge in [0.2, 0.25) is 0 Å². The Morgan fingerprint density at radius 2 is 1.47 bits per heavy atom. The minimum Gasteiger partial charge on any atom is -0.481 e. The molecule has 2 rings (SSSR count). The topological polar surface area (TPSA) is 89.4 Å². The van der Waals surface area contributed by atoms with Crippen LogP contribution >= 0.6 is 0 Å². The van der Waals surface area contributed by atoms with Crippen molar-refractivity contribution in [3.8, 4) is 17.1 Å². The Bertz CT molecular complexity index is 819. The largest absolute Gasteiger partial charge is 0.481 e. The number of carboxylic acids is 1. The van der Waals surface area contributed by atoms with Crippen molar-refractivity contribution in [1.82, 2.24) is 9.97 Å². The summed E-state index contributed by atoms with van der Waals surface area (Å²) >= 11 is 0. The second-order valence-electron chi connectivity index (χ2n) is 8.24. The molecule has 174 valence electrons. The van der Waals surface area contributed by atoms with E-state index in [0.29, 0.717) is 30.0 Å². The fraction of sp³-hybridized carbons (Fsp3) is 0.538. The Morgan fingerprint density at radius 3 is 2.06 bits per heavy atom. The van der Waals surface area contributed by atoms with E-state index in [9.17, 15) is 14.7 Å². The van der Waals surface area contributed by atoms with E-state index >= 15 is 0 Å². The monoisotopic (exact) mass is 440 g/mol. The number of nitrogens with zero attached hydrogens (tertiary/aromatic N) is 2. The molecule has 0 spiro atoms. The van der Waals surface area contributed by atoms with E-state index in [4.69, 9.17) is 4.74 Å². The van der Waals surface area contributed by atoms with Crippen LogP contribution in [-0.4, -0.2) is 27.0 Å². The number of unbranched alkanes of at least 4 members (excludes halogenated alkanes) is 7. The second kappa shape index (κ2) is 14.3. The number of carbonyl (C=O) groups excluding carboxylic acids is 1. The third-order valence-corrected chi connectivity index (χ3v) is 5.55. The van der Waals surface area contributed by atoms with Crippen molar-refractivity contribution in [3.63, 3.8) is 0 Å². The van der Waals surface area contributed by atoms with E-state index in [1.807, 2.05) is 0 Å². The Balaban J connectivity index is 1.92. The van der Waals surface area contributed by atoms with Crippen molar-refractivity contribution < 1.29 is 19.4 Å². The zero-order valence-corrected chi connectivity index (χ0v) is 19.4. The summed E-state index contributed by atoms with van der Waals surface area (Å²) < 4.78 is 5.38. The molecule has 0 radical (unpaired) electrons. The minimum atomic E-state index is -0.835. The zero-order chi connectivity index (χ0) is 23.2. The van der Waals surface area contributed by atoms with Crippen molar-refractivity contribution >= 4 is 11.9 Å². The molecule has 32 heavy (non-hydrogen) atoms. The van der Waals surface area contributed by atoms with Gasteiger partial charge in [-0.2, -0.15) is 0 Å². The van der Waals surface area contributed by atoms with Gasteiger partial charge in [-0.3, -0.25) is 9.59 Å². The van der Waals surface area contributed by atoms with Gasteiger partial charge in [0.1, 0.15) is 5.75 Å². The van der Waals surface area contributed by atoms with Crippen LogP contribution in [0.3, 0.4) is 0 Å². The van der Waals surface area contributed by atoms with E-state index in [1.54, 1.807) is 36.7 Å². The lowest BCUT2D eigenvalue weighted by atomic mass is 9.95. The first-order chi connectivity index (χ1) is 15.5. The number of ether oxygens (including phenoxy) is 1. The van der Waals surface area contributed by atoms with Crippen LogP contribution in [0.2, 0.25) is 0 Å². The molecule has 6 nitrogen and oxygen atoms in total. The van der Waals surface area contributed by atoms with Crippen molar-refractivity contribution in [2.24, 2.45) is 0 Å². The van der Waals surface area contributed by atoms with Gasteiger partial charge >= 0.3 is 11.9 Å². The number of benzene rings is 1. The maximum atomic E-state index is 11.9. The first kappa shape index (κ1) is 25.5. The molecule has 1 aromatic heterocycles. The molecule has 0 aliphatic carbocycles. The molecule has 0 saturated heterocycles. The van der Waals surface area contributed by atoms with Crippen molar-refractivity contribution in [3.05, 3.63) is 42.2 Å². The van der Waals surface area contributed by atoms with Gasteiger partial charge in [0.25, 0.3) is 0 Å². The lowest BCUT2D eigenvalue weighted by Gasteiger charge is -2.12. The molecule has 1 atom stereocenters. The fourth-order valence-corrected chi connectivity index (χ4v) is 3.60. The van der Waals surface area contributed by atoms with Crippen LogP contribution in [-0.2, 0) is 9.59 Å². The third-order valence-electron chi connectivity index (χ3n) is 5.55. The van der Waals surface area contributed by atoms with Crippen LogP contribution in [0.4, 0.5) is 0 Å². The molecule has 1 aromatic carbocycles. The van der Waals surface area contributed by atoms with Gasteiger partial charge in [-0.1, -0.05) is 65.2 Å².